The highest BCUT2D eigenvalue weighted by atomic mass is 16.3. The molecule has 0 aliphatic heterocycles. The minimum absolute atomic E-state index is 0.130. The average Bonchev–Trinajstić information content (AvgIpc) is 2.72. The summed E-state index contributed by atoms with van der Waals surface area (Å²) in [4.78, 5) is 4.48. The van der Waals surface area contributed by atoms with Crippen LogP contribution in [0, 0.1) is 12.3 Å². The summed E-state index contributed by atoms with van der Waals surface area (Å²) in [6, 6.07) is 6.05. The van der Waals surface area contributed by atoms with Crippen LogP contribution < -0.4 is 0 Å². The molecule has 1 aliphatic carbocycles. The topological polar surface area (TPSA) is 38.0 Å². The van der Waals surface area contributed by atoms with Crippen molar-refractivity contribution in [3.8, 4) is 5.82 Å². The Morgan fingerprint density at radius 1 is 1.37 bits per heavy atom. The Morgan fingerprint density at radius 2 is 2.16 bits per heavy atom. The molecule has 2 aromatic heterocycles. The number of aromatic nitrogens is 2. The molecule has 0 radical (unpaired) electrons. The largest absolute Gasteiger partial charge is 0.388 e. The lowest BCUT2D eigenvalue weighted by atomic mass is 9.75. The first-order valence-electron chi connectivity index (χ1n) is 6.78. The van der Waals surface area contributed by atoms with Gasteiger partial charge in [0.25, 0.3) is 0 Å². The first-order valence-corrected chi connectivity index (χ1v) is 6.78. The zero-order valence-electron chi connectivity index (χ0n) is 11.7. The van der Waals surface area contributed by atoms with Gasteiger partial charge < -0.3 is 9.67 Å². The van der Waals surface area contributed by atoms with Crippen molar-refractivity contribution in [2.45, 2.75) is 39.7 Å². The van der Waals surface area contributed by atoms with E-state index in [-0.39, 0.29) is 11.5 Å². The molecule has 1 N–H and O–H groups in total. The number of aliphatic hydroxyl groups is 1. The van der Waals surface area contributed by atoms with Gasteiger partial charge in [-0.05, 0) is 42.9 Å². The van der Waals surface area contributed by atoms with Gasteiger partial charge in [-0.15, -0.1) is 0 Å². The van der Waals surface area contributed by atoms with Gasteiger partial charge in [-0.2, -0.15) is 0 Å². The second-order valence-corrected chi connectivity index (χ2v) is 6.29. The summed E-state index contributed by atoms with van der Waals surface area (Å²) in [6.07, 6.45) is 5.29. The maximum Gasteiger partial charge on any atom is 0.139 e. The molecule has 1 unspecified atom stereocenters. The van der Waals surface area contributed by atoms with E-state index < -0.39 is 0 Å². The van der Waals surface area contributed by atoms with Crippen molar-refractivity contribution in [2.24, 2.45) is 5.41 Å². The lowest BCUT2D eigenvalue weighted by molar-refractivity contribution is 0.0986. The molecule has 1 atom stereocenters. The third kappa shape index (κ3) is 2.08. The van der Waals surface area contributed by atoms with Crippen molar-refractivity contribution in [3.63, 3.8) is 0 Å². The van der Waals surface area contributed by atoms with E-state index in [0.29, 0.717) is 0 Å². The van der Waals surface area contributed by atoms with Crippen molar-refractivity contribution in [2.75, 3.05) is 0 Å². The highest BCUT2D eigenvalue weighted by Gasteiger charge is 2.33. The van der Waals surface area contributed by atoms with Gasteiger partial charge in [0.15, 0.2) is 0 Å². The van der Waals surface area contributed by atoms with E-state index in [2.05, 4.69) is 36.4 Å². The molecule has 0 saturated heterocycles. The van der Waals surface area contributed by atoms with E-state index in [1.807, 2.05) is 24.5 Å². The Bertz CT molecular complexity index is 613. The third-order valence-electron chi connectivity index (χ3n) is 3.99. The van der Waals surface area contributed by atoms with Crippen molar-refractivity contribution < 1.29 is 5.11 Å². The number of hydrogen-bond acceptors (Lipinski definition) is 2. The molecule has 3 nitrogen and oxygen atoms in total. The van der Waals surface area contributed by atoms with Crippen molar-refractivity contribution >= 4 is 0 Å². The molecule has 0 amide bonds. The van der Waals surface area contributed by atoms with E-state index in [1.165, 1.54) is 5.69 Å². The molecule has 0 fully saturated rings. The fourth-order valence-corrected chi connectivity index (χ4v) is 3.06. The lowest BCUT2D eigenvalue weighted by Gasteiger charge is -2.33. The van der Waals surface area contributed by atoms with E-state index in [9.17, 15) is 5.11 Å². The monoisotopic (exact) mass is 256 g/mol. The molecule has 19 heavy (non-hydrogen) atoms. The normalized spacial score (nSPS) is 21.2. The molecule has 3 rings (SSSR count). The third-order valence-corrected chi connectivity index (χ3v) is 3.99. The lowest BCUT2D eigenvalue weighted by Crippen LogP contribution is -2.26. The summed E-state index contributed by atoms with van der Waals surface area (Å²) in [5.74, 6) is 0.966. The fraction of sp³-hybridized carbons (Fsp3) is 0.438. The second-order valence-electron chi connectivity index (χ2n) is 6.29. The zero-order valence-corrected chi connectivity index (χ0v) is 11.7. The maximum absolute atomic E-state index is 10.3. The van der Waals surface area contributed by atoms with Gasteiger partial charge in [0.1, 0.15) is 5.82 Å². The molecule has 100 valence electrons. The molecule has 0 spiro atoms. The standard InChI is InChI=1S/C16H20N2O/c1-11-5-4-7-17-15(11)18-8-6-12-13(18)9-16(2,3)10-14(12)19/h4-8,14,19H,9-10H2,1-3H3. The number of rotatable bonds is 1. The molecular weight excluding hydrogens is 236 g/mol. The van der Waals surface area contributed by atoms with Crippen LogP contribution in [-0.2, 0) is 6.42 Å². The molecule has 3 heteroatoms. The number of aliphatic hydroxyl groups excluding tert-OH is 1. The Kier molecular flexibility index (Phi) is 2.75. The minimum atomic E-state index is -0.357. The molecule has 1 aliphatic rings. The van der Waals surface area contributed by atoms with Crippen LogP contribution in [0.5, 0.6) is 0 Å². The summed E-state index contributed by atoms with van der Waals surface area (Å²) in [5, 5.41) is 10.3. The van der Waals surface area contributed by atoms with Crippen LogP contribution in [0.25, 0.3) is 5.82 Å². The summed E-state index contributed by atoms with van der Waals surface area (Å²) in [5.41, 5.74) is 3.54. The Labute approximate surface area is 113 Å². The Balaban J connectivity index is 2.14. The predicted molar refractivity (Wildman–Crippen MR) is 75.4 cm³/mol. The van der Waals surface area contributed by atoms with E-state index in [4.69, 9.17) is 0 Å². The maximum atomic E-state index is 10.3. The molecule has 2 aromatic rings. The minimum Gasteiger partial charge on any atom is -0.388 e. The predicted octanol–water partition coefficient (Wildman–Crippen LogP) is 3.19. The van der Waals surface area contributed by atoms with E-state index >= 15 is 0 Å². The fourth-order valence-electron chi connectivity index (χ4n) is 3.06. The quantitative estimate of drug-likeness (QED) is 0.851. The highest BCUT2D eigenvalue weighted by Crippen LogP contribution is 2.41. The second kappa shape index (κ2) is 4.20. The van der Waals surface area contributed by atoms with Gasteiger partial charge in [0, 0.05) is 23.7 Å². The van der Waals surface area contributed by atoms with Gasteiger partial charge in [-0.1, -0.05) is 19.9 Å². The van der Waals surface area contributed by atoms with E-state index in [1.54, 1.807) is 0 Å². The average molecular weight is 256 g/mol. The van der Waals surface area contributed by atoms with Gasteiger partial charge in [0.2, 0.25) is 0 Å². The number of pyridine rings is 1. The van der Waals surface area contributed by atoms with E-state index in [0.717, 1.165) is 29.8 Å². The molecular formula is C16H20N2O. The van der Waals surface area contributed by atoms with Gasteiger partial charge in [-0.25, -0.2) is 4.98 Å². The summed E-state index contributed by atoms with van der Waals surface area (Å²) in [6.45, 7) is 6.49. The van der Waals surface area contributed by atoms with Crippen LogP contribution in [0.2, 0.25) is 0 Å². The van der Waals surface area contributed by atoms with Crippen LogP contribution in [0.15, 0.2) is 30.6 Å². The van der Waals surface area contributed by atoms with Gasteiger partial charge in [0.05, 0.1) is 6.10 Å². The highest BCUT2D eigenvalue weighted by molar-refractivity contribution is 5.40. The zero-order chi connectivity index (χ0) is 13.6. The van der Waals surface area contributed by atoms with Crippen LogP contribution in [0.4, 0.5) is 0 Å². The first-order chi connectivity index (χ1) is 8.98. The van der Waals surface area contributed by atoms with Gasteiger partial charge >= 0.3 is 0 Å². The molecule has 0 aromatic carbocycles. The SMILES string of the molecule is Cc1cccnc1-n1ccc2c1CC(C)(C)CC2O. The first kappa shape index (κ1) is 12.4. The molecule has 0 saturated carbocycles. The number of fused-ring (bicyclic) bond motifs is 1. The molecule has 0 bridgehead atoms. The van der Waals surface area contributed by atoms with Crippen LogP contribution >= 0.6 is 0 Å². The number of nitrogens with zero attached hydrogens (tertiary/aromatic N) is 2. The smallest absolute Gasteiger partial charge is 0.139 e. The van der Waals surface area contributed by atoms with Crippen LogP contribution in [0.1, 0.15) is 43.2 Å². The summed E-state index contributed by atoms with van der Waals surface area (Å²) < 4.78 is 2.13. The Morgan fingerprint density at radius 3 is 2.89 bits per heavy atom. The number of hydrogen-bond donors (Lipinski definition) is 1. The molecule has 2 heterocycles. The number of aryl methyl sites for hydroxylation is 1. The van der Waals surface area contributed by atoms with Crippen molar-refractivity contribution in [3.05, 3.63) is 47.4 Å². The summed E-state index contributed by atoms with van der Waals surface area (Å²) in [7, 11) is 0. The van der Waals surface area contributed by atoms with Crippen molar-refractivity contribution in [1.29, 1.82) is 0 Å². The summed E-state index contributed by atoms with van der Waals surface area (Å²) >= 11 is 0. The van der Waals surface area contributed by atoms with Crippen LogP contribution in [-0.4, -0.2) is 14.7 Å². The van der Waals surface area contributed by atoms with Gasteiger partial charge in [-0.3, -0.25) is 0 Å². The van der Waals surface area contributed by atoms with Crippen LogP contribution in [0.3, 0.4) is 0 Å². The van der Waals surface area contributed by atoms with Crippen molar-refractivity contribution in [1.82, 2.24) is 9.55 Å². The Hall–Kier alpha value is -1.61.